The molecule has 0 fully saturated rings. The average Bonchev–Trinajstić information content (AvgIpc) is 3.01. The lowest BCUT2D eigenvalue weighted by molar-refractivity contribution is 0.607. The van der Waals surface area contributed by atoms with E-state index in [4.69, 9.17) is 15.0 Å². The van der Waals surface area contributed by atoms with Crippen LogP contribution in [-0.4, -0.2) is 15.0 Å². The molecule has 0 amide bonds. The Morgan fingerprint density at radius 3 is 1.68 bits per heavy atom. The summed E-state index contributed by atoms with van der Waals surface area (Å²) in [6.07, 6.45) is 0. The molecule has 5 aromatic carbocycles. The van der Waals surface area contributed by atoms with Crippen molar-refractivity contribution in [1.82, 2.24) is 15.0 Å². The number of fused-ring (bicyclic) bond motifs is 2. The Balaban J connectivity index is 1.37. The Hall–Kier alpha value is -4.54. The van der Waals surface area contributed by atoms with Crippen LogP contribution in [0.5, 0.6) is 0 Å². The van der Waals surface area contributed by atoms with Crippen molar-refractivity contribution in [2.75, 3.05) is 0 Å². The van der Waals surface area contributed by atoms with Crippen molar-refractivity contribution in [2.24, 2.45) is 0 Å². The third-order valence-corrected chi connectivity index (χ3v) is 8.72. The lowest BCUT2D eigenvalue weighted by Gasteiger charge is -2.34. The van der Waals surface area contributed by atoms with Crippen LogP contribution < -0.4 is 0 Å². The van der Waals surface area contributed by atoms with Crippen molar-refractivity contribution in [3.63, 3.8) is 0 Å². The van der Waals surface area contributed by atoms with Crippen LogP contribution >= 0.6 is 11.8 Å². The van der Waals surface area contributed by atoms with E-state index in [1.165, 1.54) is 20.9 Å². The normalized spacial score (nSPS) is 13.3. The molecule has 1 aliphatic heterocycles. The Morgan fingerprint density at radius 2 is 0.950 bits per heavy atom. The van der Waals surface area contributed by atoms with Crippen LogP contribution in [-0.2, 0) is 5.41 Å². The summed E-state index contributed by atoms with van der Waals surface area (Å²) in [5.74, 6) is 2.01. The van der Waals surface area contributed by atoms with Crippen LogP contribution in [0.15, 0.2) is 137 Å². The smallest absolute Gasteiger partial charge is 0.164 e. The van der Waals surface area contributed by atoms with E-state index in [-0.39, 0.29) is 5.41 Å². The largest absolute Gasteiger partial charge is 0.208 e. The molecule has 0 bridgehead atoms. The van der Waals surface area contributed by atoms with Crippen LogP contribution in [0.3, 0.4) is 0 Å². The lowest BCUT2D eigenvalue weighted by atomic mass is 9.77. The summed E-state index contributed by atoms with van der Waals surface area (Å²) < 4.78 is 0. The zero-order chi connectivity index (χ0) is 27.1. The highest BCUT2D eigenvalue weighted by atomic mass is 32.2. The third kappa shape index (κ3) is 4.41. The highest BCUT2D eigenvalue weighted by molar-refractivity contribution is 7.99. The van der Waals surface area contributed by atoms with Gasteiger partial charge >= 0.3 is 0 Å². The first-order chi connectivity index (χ1) is 19.6. The quantitative estimate of drug-likeness (QED) is 0.226. The van der Waals surface area contributed by atoms with Gasteiger partial charge < -0.3 is 0 Å². The second kappa shape index (κ2) is 9.89. The molecular formula is C36H27N3S. The van der Waals surface area contributed by atoms with Crippen LogP contribution in [0.25, 0.3) is 45.3 Å². The number of rotatable bonds is 4. The van der Waals surface area contributed by atoms with Gasteiger partial charge in [0.15, 0.2) is 17.5 Å². The van der Waals surface area contributed by atoms with Gasteiger partial charge in [0, 0.05) is 31.9 Å². The topological polar surface area (TPSA) is 38.7 Å². The molecule has 40 heavy (non-hydrogen) atoms. The minimum atomic E-state index is -0.0763. The maximum absolute atomic E-state index is 5.03. The average molecular weight is 534 g/mol. The fourth-order valence-corrected chi connectivity index (χ4v) is 6.85. The summed E-state index contributed by atoms with van der Waals surface area (Å²) >= 11 is 1.82. The molecule has 6 aromatic rings. The molecule has 3 nitrogen and oxygen atoms in total. The summed E-state index contributed by atoms with van der Waals surface area (Å²) in [5.41, 5.74) is 7.83. The SMILES string of the molecule is CC1(C)c2ccccc2Sc2cc(-c3nc(-c4ccccc4)nc(-c4cccc(-c5ccccc5)c4)n3)ccc21. The molecule has 1 aromatic heterocycles. The number of hydrogen-bond donors (Lipinski definition) is 0. The predicted molar refractivity (Wildman–Crippen MR) is 164 cm³/mol. The molecule has 0 N–H and O–H groups in total. The van der Waals surface area contributed by atoms with E-state index in [2.05, 4.69) is 105 Å². The van der Waals surface area contributed by atoms with E-state index in [0.29, 0.717) is 17.5 Å². The van der Waals surface area contributed by atoms with E-state index >= 15 is 0 Å². The fourth-order valence-electron chi connectivity index (χ4n) is 5.42. The summed E-state index contributed by atoms with van der Waals surface area (Å²) in [6.45, 7) is 4.61. The summed E-state index contributed by atoms with van der Waals surface area (Å²) in [6, 6.07) is 44.3. The monoisotopic (exact) mass is 533 g/mol. The molecule has 7 rings (SSSR count). The zero-order valence-electron chi connectivity index (χ0n) is 22.4. The molecule has 4 heteroatoms. The first kappa shape index (κ1) is 24.5. The Kier molecular flexibility index (Phi) is 6.06. The second-order valence-electron chi connectivity index (χ2n) is 10.6. The first-order valence-corrected chi connectivity index (χ1v) is 14.3. The van der Waals surface area contributed by atoms with Crippen molar-refractivity contribution in [3.05, 3.63) is 139 Å². The first-order valence-electron chi connectivity index (χ1n) is 13.5. The van der Waals surface area contributed by atoms with E-state index in [0.717, 1.165) is 27.8 Å². The van der Waals surface area contributed by atoms with Crippen molar-refractivity contribution >= 4 is 11.8 Å². The number of nitrogens with zero attached hydrogens (tertiary/aromatic N) is 3. The van der Waals surface area contributed by atoms with Crippen LogP contribution in [0, 0.1) is 0 Å². The molecule has 0 unspecified atom stereocenters. The van der Waals surface area contributed by atoms with Crippen LogP contribution in [0.1, 0.15) is 25.0 Å². The predicted octanol–water partition coefficient (Wildman–Crippen LogP) is 9.33. The van der Waals surface area contributed by atoms with E-state index in [1.807, 2.05) is 48.2 Å². The summed E-state index contributed by atoms with van der Waals surface area (Å²) in [5, 5.41) is 0. The fraction of sp³-hybridized carbons (Fsp3) is 0.0833. The van der Waals surface area contributed by atoms with Crippen LogP contribution in [0.4, 0.5) is 0 Å². The van der Waals surface area contributed by atoms with Gasteiger partial charge in [0.1, 0.15) is 0 Å². The van der Waals surface area contributed by atoms with Gasteiger partial charge in [-0.25, -0.2) is 15.0 Å². The van der Waals surface area contributed by atoms with Crippen molar-refractivity contribution in [3.8, 4) is 45.3 Å². The molecule has 192 valence electrons. The second-order valence-corrected chi connectivity index (χ2v) is 11.6. The number of hydrogen-bond acceptors (Lipinski definition) is 4. The molecule has 0 saturated carbocycles. The third-order valence-electron chi connectivity index (χ3n) is 7.59. The van der Waals surface area contributed by atoms with Gasteiger partial charge in [0.25, 0.3) is 0 Å². The summed E-state index contributed by atoms with van der Waals surface area (Å²) in [4.78, 5) is 17.5. The lowest BCUT2D eigenvalue weighted by Crippen LogP contribution is -2.23. The van der Waals surface area contributed by atoms with Gasteiger partial charge in [-0.2, -0.15) is 0 Å². The molecule has 1 aliphatic rings. The Morgan fingerprint density at radius 1 is 0.425 bits per heavy atom. The molecule has 2 heterocycles. The highest BCUT2D eigenvalue weighted by Gasteiger charge is 2.33. The number of aromatic nitrogens is 3. The minimum Gasteiger partial charge on any atom is -0.208 e. The molecule has 0 atom stereocenters. The van der Waals surface area contributed by atoms with Crippen LogP contribution in [0.2, 0.25) is 0 Å². The van der Waals surface area contributed by atoms with Crippen molar-refractivity contribution in [1.29, 1.82) is 0 Å². The number of benzene rings is 5. The van der Waals surface area contributed by atoms with Gasteiger partial charge in [-0.05, 0) is 40.5 Å². The van der Waals surface area contributed by atoms with Crippen molar-refractivity contribution in [2.45, 2.75) is 29.1 Å². The maximum atomic E-state index is 5.03. The highest BCUT2D eigenvalue weighted by Crippen LogP contribution is 2.49. The van der Waals surface area contributed by atoms with E-state index < -0.39 is 0 Å². The van der Waals surface area contributed by atoms with Gasteiger partial charge in [-0.3, -0.25) is 0 Å². The molecule has 0 saturated heterocycles. The maximum Gasteiger partial charge on any atom is 0.164 e. The molecule has 0 radical (unpaired) electrons. The van der Waals surface area contributed by atoms with Crippen molar-refractivity contribution < 1.29 is 0 Å². The standard InChI is InChI=1S/C36H27N3S/c1-36(2)29-18-9-10-19-31(29)40-32-23-28(20-21-30(32)36)35-38-33(25-14-7-4-8-15-25)37-34(39-35)27-17-11-16-26(22-27)24-12-5-3-6-13-24/h3-23H,1-2H3. The zero-order valence-corrected chi connectivity index (χ0v) is 23.2. The van der Waals surface area contributed by atoms with Gasteiger partial charge in [-0.15, -0.1) is 0 Å². The van der Waals surface area contributed by atoms with E-state index in [1.54, 1.807) is 0 Å². The van der Waals surface area contributed by atoms with Gasteiger partial charge in [0.2, 0.25) is 0 Å². The minimum absolute atomic E-state index is 0.0763. The Bertz CT molecular complexity index is 1850. The molecule has 0 spiro atoms. The van der Waals surface area contributed by atoms with E-state index in [9.17, 15) is 0 Å². The molecule has 0 aliphatic carbocycles. The van der Waals surface area contributed by atoms with Gasteiger partial charge in [-0.1, -0.05) is 135 Å². The summed E-state index contributed by atoms with van der Waals surface area (Å²) in [7, 11) is 0. The molecular weight excluding hydrogens is 506 g/mol. The van der Waals surface area contributed by atoms with Gasteiger partial charge in [0.05, 0.1) is 0 Å². The Labute approximate surface area is 239 Å².